The molecule has 1 fully saturated rings. The first-order chi connectivity index (χ1) is 15.7. The van der Waals surface area contributed by atoms with E-state index < -0.39 is 0 Å². The molecule has 5 rings (SSSR count). The van der Waals surface area contributed by atoms with Gasteiger partial charge in [0.25, 0.3) is 11.8 Å². The predicted molar refractivity (Wildman–Crippen MR) is 121 cm³/mol. The normalized spacial score (nSPS) is 15.6. The highest BCUT2D eigenvalue weighted by atomic mass is 16.5. The van der Waals surface area contributed by atoms with Crippen LogP contribution in [0.4, 0.5) is 0 Å². The fraction of sp³-hybridized carbons (Fsp3) is 0.308. The molecule has 0 saturated carbocycles. The van der Waals surface area contributed by atoms with Crippen molar-refractivity contribution >= 4 is 11.8 Å². The lowest BCUT2D eigenvalue weighted by atomic mass is 9.98. The van der Waals surface area contributed by atoms with Gasteiger partial charge in [0.2, 0.25) is 0 Å². The second kappa shape index (κ2) is 9.01. The number of nitrogens with one attached hydrogen (secondary N) is 1. The fourth-order valence-electron chi connectivity index (χ4n) is 4.64. The van der Waals surface area contributed by atoms with Crippen molar-refractivity contribution in [2.75, 3.05) is 19.7 Å². The Balaban J connectivity index is 1.48. The largest absolute Gasteiger partial charge is 0.373 e. The molecule has 0 radical (unpaired) electrons. The molecule has 6 nitrogen and oxygen atoms in total. The van der Waals surface area contributed by atoms with Crippen molar-refractivity contribution in [3.05, 3.63) is 94.8 Å². The van der Waals surface area contributed by atoms with Crippen LogP contribution in [0.5, 0.6) is 0 Å². The second-order valence-electron chi connectivity index (χ2n) is 8.32. The van der Waals surface area contributed by atoms with Gasteiger partial charge in [-0.25, -0.2) is 0 Å². The number of benzene rings is 2. The molecule has 6 heteroatoms. The minimum Gasteiger partial charge on any atom is -0.373 e. The molecular weight excluding hydrogens is 402 g/mol. The minimum absolute atomic E-state index is 0.00682. The Labute approximate surface area is 187 Å². The zero-order valence-electron chi connectivity index (χ0n) is 18.0. The van der Waals surface area contributed by atoms with Crippen molar-refractivity contribution < 1.29 is 14.3 Å². The number of likely N-dealkylation sites (tertiary alicyclic amines) is 1. The molecule has 3 aromatic rings. The summed E-state index contributed by atoms with van der Waals surface area (Å²) in [5, 5.41) is 3.21. The molecule has 0 unspecified atom stereocenters. The van der Waals surface area contributed by atoms with E-state index in [4.69, 9.17) is 4.74 Å². The first-order valence-corrected chi connectivity index (χ1v) is 11.2. The summed E-state index contributed by atoms with van der Waals surface area (Å²) in [6.45, 7) is 3.01. The Morgan fingerprint density at radius 1 is 0.875 bits per heavy atom. The summed E-state index contributed by atoms with van der Waals surface area (Å²) < 4.78 is 7.63. The van der Waals surface area contributed by atoms with Crippen molar-refractivity contribution in [2.24, 2.45) is 0 Å². The van der Waals surface area contributed by atoms with Crippen molar-refractivity contribution in [1.29, 1.82) is 0 Å². The zero-order chi connectivity index (χ0) is 21.9. The van der Waals surface area contributed by atoms with Crippen molar-refractivity contribution in [1.82, 2.24) is 14.8 Å². The number of nitrogens with zero attached hydrogens (tertiary/aromatic N) is 2. The Kier molecular flexibility index (Phi) is 5.77. The van der Waals surface area contributed by atoms with E-state index in [2.05, 4.69) is 5.32 Å². The Hall–Kier alpha value is -3.38. The number of aromatic nitrogens is 1. The number of hydrogen-bond acceptors (Lipinski definition) is 3. The molecule has 0 atom stereocenters. The van der Waals surface area contributed by atoms with Crippen LogP contribution in [0.2, 0.25) is 0 Å². The van der Waals surface area contributed by atoms with Crippen molar-refractivity contribution in [2.45, 2.75) is 32.0 Å². The summed E-state index contributed by atoms with van der Waals surface area (Å²) in [6, 6.07) is 21.3. The molecule has 2 aliphatic rings. The lowest BCUT2D eigenvalue weighted by Gasteiger charge is -2.22. The maximum absolute atomic E-state index is 13.5. The number of amides is 2. The lowest BCUT2D eigenvalue weighted by Crippen LogP contribution is -2.31. The van der Waals surface area contributed by atoms with Gasteiger partial charge < -0.3 is 19.5 Å². The van der Waals surface area contributed by atoms with Gasteiger partial charge in [-0.15, -0.1) is 0 Å². The van der Waals surface area contributed by atoms with E-state index in [0.29, 0.717) is 31.0 Å². The molecule has 0 aliphatic carbocycles. The molecule has 1 saturated heterocycles. The first-order valence-electron chi connectivity index (χ1n) is 11.2. The molecule has 3 heterocycles. The van der Waals surface area contributed by atoms with Crippen LogP contribution in [0.25, 0.3) is 0 Å². The number of fused-ring (bicyclic) bond motifs is 1. The van der Waals surface area contributed by atoms with Crippen LogP contribution < -0.4 is 5.32 Å². The molecule has 2 amide bonds. The van der Waals surface area contributed by atoms with Crippen LogP contribution >= 0.6 is 0 Å². The van der Waals surface area contributed by atoms with E-state index in [9.17, 15) is 9.59 Å². The summed E-state index contributed by atoms with van der Waals surface area (Å²) in [4.78, 5) is 28.6. The van der Waals surface area contributed by atoms with Gasteiger partial charge in [0.05, 0.1) is 30.5 Å². The second-order valence-corrected chi connectivity index (χ2v) is 8.32. The third kappa shape index (κ3) is 3.94. The summed E-state index contributed by atoms with van der Waals surface area (Å²) in [6.07, 6.45) is 2.07. The Bertz CT molecular complexity index is 1060. The lowest BCUT2D eigenvalue weighted by molar-refractivity contribution is 0.0715. The van der Waals surface area contributed by atoms with E-state index in [0.717, 1.165) is 42.8 Å². The monoisotopic (exact) mass is 429 g/mol. The maximum Gasteiger partial charge on any atom is 0.270 e. The number of hydrogen-bond donors (Lipinski definition) is 1. The number of carbonyl (C=O) groups excluding carboxylic acids is 2. The average molecular weight is 430 g/mol. The molecule has 2 aliphatic heterocycles. The van der Waals surface area contributed by atoms with Gasteiger partial charge in [0, 0.05) is 19.6 Å². The third-order valence-electron chi connectivity index (χ3n) is 6.30. The van der Waals surface area contributed by atoms with Gasteiger partial charge >= 0.3 is 0 Å². The van der Waals surface area contributed by atoms with Gasteiger partial charge in [-0.3, -0.25) is 9.59 Å². The predicted octanol–water partition coefficient (Wildman–Crippen LogP) is 3.77. The summed E-state index contributed by atoms with van der Waals surface area (Å²) >= 11 is 0. The van der Waals surface area contributed by atoms with Crippen LogP contribution in [0.15, 0.2) is 66.7 Å². The number of ether oxygens (including phenoxy) is 1. The molecule has 0 bridgehead atoms. The quantitative estimate of drug-likeness (QED) is 0.672. The highest BCUT2D eigenvalue weighted by Gasteiger charge is 2.30. The minimum atomic E-state index is -0.289. The van der Waals surface area contributed by atoms with E-state index in [1.165, 1.54) is 0 Å². The highest BCUT2D eigenvalue weighted by molar-refractivity contribution is 6.01. The molecule has 1 aromatic heterocycles. The van der Waals surface area contributed by atoms with Gasteiger partial charge in [-0.2, -0.15) is 0 Å². The van der Waals surface area contributed by atoms with Crippen molar-refractivity contribution in [3.63, 3.8) is 0 Å². The van der Waals surface area contributed by atoms with Crippen LogP contribution in [-0.2, 0) is 17.9 Å². The van der Waals surface area contributed by atoms with Crippen LogP contribution in [-0.4, -0.2) is 41.0 Å². The highest BCUT2D eigenvalue weighted by Crippen LogP contribution is 2.26. The Morgan fingerprint density at radius 3 is 2.12 bits per heavy atom. The molecule has 2 aromatic carbocycles. The molecular formula is C26H27N3O3. The molecule has 32 heavy (non-hydrogen) atoms. The van der Waals surface area contributed by atoms with Crippen LogP contribution in [0.3, 0.4) is 0 Å². The van der Waals surface area contributed by atoms with Gasteiger partial charge in [-0.1, -0.05) is 60.7 Å². The van der Waals surface area contributed by atoms with Gasteiger partial charge in [-0.05, 0) is 30.0 Å². The molecule has 164 valence electrons. The number of carbonyl (C=O) groups is 2. The van der Waals surface area contributed by atoms with E-state index in [1.54, 1.807) is 6.07 Å². The van der Waals surface area contributed by atoms with E-state index in [1.807, 2.05) is 70.1 Å². The maximum atomic E-state index is 13.5. The standard InChI is InChI=1S/C26H27N3O3/c30-25(27-24(19-9-3-1-4-10-19)20-11-5-2-6-12-20)21-17-22(26(31)28-13-7-8-14-28)29-15-16-32-18-23(21)29/h1-6,9-12,17,24H,7-8,13-16,18H2,(H,27,30). The Morgan fingerprint density at radius 2 is 1.50 bits per heavy atom. The van der Waals surface area contributed by atoms with Crippen LogP contribution in [0.1, 0.15) is 56.6 Å². The molecule has 0 spiro atoms. The summed E-state index contributed by atoms with van der Waals surface area (Å²) in [5.41, 5.74) is 3.89. The number of rotatable bonds is 5. The van der Waals surface area contributed by atoms with E-state index >= 15 is 0 Å². The molecule has 1 N–H and O–H groups in total. The SMILES string of the molecule is O=C(NC(c1ccccc1)c1ccccc1)c1cc(C(=O)N2CCCC2)n2c1COCC2. The average Bonchev–Trinajstić information content (AvgIpc) is 3.52. The summed E-state index contributed by atoms with van der Waals surface area (Å²) in [5.74, 6) is -0.190. The van der Waals surface area contributed by atoms with Crippen molar-refractivity contribution in [3.8, 4) is 0 Å². The smallest absolute Gasteiger partial charge is 0.270 e. The van der Waals surface area contributed by atoms with Gasteiger partial charge in [0.15, 0.2) is 0 Å². The zero-order valence-corrected chi connectivity index (χ0v) is 18.0. The van der Waals surface area contributed by atoms with E-state index in [-0.39, 0.29) is 17.9 Å². The van der Waals surface area contributed by atoms with Gasteiger partial charge in [0.1, 0.15) is 5.69 Å². The summed E-state index contributed by atoms with van der Waals surface area (Å²) in [7, 11) is 0. The van der Waals surface area contributed by atoms with Crippen LogP contribution in [0, 0.1) is 0 Å². The topological polar surface area (TPSA) is 63.6 Å². The first kappa shape index (κ1) is 20.5. The third-order valence-corrected chi connectivity index (χ3v) is 6.30. The fourth-order valence-corrected chi connectivity index (χ4v) is 4.64.